The molecule has 1 aliphatic heterocycles. The largest absolute Gasteiger partial charge is 0.335 e. The van der Waals surface area contributed by atoms with E-state index in [9.17, 15) is 24.5 Å². The topological polar surface area (TPSA) is 110 Å². The molecule has 0 atom stereocenters. The maximum atomic E-state index is 12.3. The van der Waals surface area contributed by atoms with Gasteiger partial charge in [-0.2, -0.15) is 0 Å². The number of barbiturate groups is 1. The minimum absolute atomic E-state index is 0.00683. The summed E-state index contributed by atoms with van der Waals surface area (Å²) in [6.45, 7) is 0. The molecule has 0 bridgehead atoms. The fourth-order valence-corrected chi connectivity index (χ4v) is 2.44. The maximum absolute atomic E-state index is 12.3. The van der Waals surface area contributed by atoms with Gasteiger partial charge >= 0.3 is 6.03 Å². The average Bonchev–Trinajstić information content (AvgIpc) is 3.20. The molecule has 1 saturated carbocycles. The van der Waals surface area contributed by atoms with Crippen LogP contribution in [0.5, 0.6) is 0 Å². The second kappa shape index (κ2) is 4.26. The van der Waals surface area contributed by atoms with Crippen LogP contribution in [0.2, 0.25) is 5.02 Å². The third-order valence-corrected chi connectivity index (χ3v) is 3.92. The van der Waals surface area contributed by atoms with Gasteiger partial charge in [0.1, 0.15) is 10.4 Å². The smallest absolute Gasteiger partial charge is 0.276 e. The van der Waals surface area contributed by atoms with E-state index >= 15 is 0 Å². The number of imide groups is 2. The molecule has 0 unspecified atom stereocenters. The van der Waals surface area contributed by atoms with Crippen molar-refractivity contribution in [2.75, 3.05) is 4.90 Å². The standard InChI is InChI=1S/C12H8ClN3O5/c13-7-2-1-6(5-8(7)16(20)21)15-10(18)12(3-4-12)9(17)14-11(15)19/h1-2,5H,3-4H2,(H,14,17,19). The first-order valence-corrected chi connectivity index (χ1v) is 6.38. The van der Waals surface area contributed by atoms with Crippen LogP contribution in [0.15, 0.2) is 18.2 Å². The second-order valence-corrected chi connectivity index (χ2v) is 5.28. The van der Waals surface area contributed by atoms with Gasteiger partial charge in [-0.25, -0.2) is 9.69 Å². The highest BCUT2D eigenvalue weighted by atomic mass is 35.5. The summed E-state index contributed by atoms with van der Waals surface area (Å²) < 4.78 is 0. The Morgan fingerprint density at radius 3 is 2.52 bits per heavy atom. The van der Waals surface area contributed by atoms with Crippen LogP contribution in [-0.2, 0) is 9.59 Å². The van der Waals surface area contributed by atoms with Gasteiger partial charge in [-0.15, -0.1) is 0 Å². The van der Waals surface area contributed by atoms with Crippen molar-refractivity contribution in [3.8, 4) is 0 Å². The Morgan fingerprint density at radius 1 is 1.29 bits per heavy atom. The van der Waals surface area contributed by atoms with Crippen molar-refractivity contribution in [3.63, 3.8) is 0 Å². The molecule has 9 heteroatoms. The highest BCUT2D eigenvalue weighted by molar-refractivity contribution is 6.33. The Kier molecular flexibility index (Phi) is 2.74. The Bertz CT molecular complexity index is 713. The Morgan fingerprint density at radius 2 is 1.95 bits per heavy atom. The van der Waals surface area contributed by atoms with Crippen molar-refractivity contribution >= 4 is 40.8 Å². The van der Waals surface area contributed by atoms with Crippen LogP contribution in [0.1, 0.15) is 12.8 Å². The van der Waals surface area contributed by atoms with Crippen molar-refractivity contribution < 1.29 is 19.3 Å². The summed E-state index contributed by atoms with van der Waals surface area (Å²) in [5, 5.41) is 12.9. The number of amides is 4. The molecule has 0 aromatic heterocycles. The van der Waals surface area contributed by atoms with Gasteiger partial charge in [0.05, 0.1) is 10.6 Å². The summed E-state index contributed by atoms with van der Waals surface area (Å²) in [5.41, 5.74) is -1.62. The summed E-state index contributed by atoms with van der Waals surface area (Å²) in [5.74, 6) is -1.27. The maximum Gasteiger partial charge on any atom is 0.335 e. The van der Waals surface area contributed by atoms with E-state index in [2.05, 4.69) is 5.32 Å². The zero-order chi connectivity index (χ0) is 15.4. The Labute approximate surface area is 122 Å². The summed E-state index contributed by atoms with van der Waals surface area (Å²) in [4.78, 5) is 46.8. The number of nitro groups is 1. The van der Waals surface area contributed by atoms with Gasteiger partial charge in [-0.05, 0) is 25.0 Å². The highest BCUT2D eigenvalue weighted by Gasteiger charge is 2.62. The quantitative estimate of drug-likeness (QED) is 0.507. The summed E-state index contributed by atoms with van der Waals surface area (Å²) in [6, 6.07) is 2.66. The molecule has 2 fully saturated rings. The van der Waals surface area contributed by atoms with Crippen molar-refractivity contribution in [1.29, 1.82) is 0 Å². The molecule has 21 heavy (non-hydrogen) atoms. The molecule has 4 amide bonds. The number of nitrogens with zero attached hydrogens (tertiary/aromatic N) is 2. The van der Waals surface area contributed by atoms with Crippen LogP contribution < -0.4 is 10.2 Å². The Hall–Kier alpha value is -2.48. The van der Waals surface area contributed by atoms with Crippen LogP contribution >= 0.6 is 11.6 Å². The van der Waals surface area contributed by atoms with E-state index in [1.54, 1.807) is 0 Å². The normalized spacial score (nSPS) is 19.7. The predicted octanol–water partition coefficient (Wildman–Crippen LogP) is 1.61. The molecule has 1 aromatic carbocycles. The van der Waals surface area contributed by atoms with Crippen molar-refractivity contribution in [1.82, 2.24) is 5.32 Å². The SMILES string of the molecule is O=C1NC(=O)C2(CC2)C(=O)N1c1ccc(Cl)c([N+](=O)[O-])c1. The number of hydrogen-bond acceptors (Lipinski definition) is 5. The number of urea groups is 1. The number of rotatable bonds is 2. The van der Waals surface area contributed by atoms with Gasteiger partial charge in [0.2, 0.25) is 5.91 Å². The van der Waals surface area contributed by atoms with Gasteiger partial charge in [0.15, 0.2) is 0 Å². The zero-order valence-corrected chi connectivity index (χ0v) is 11.2. The average molecular weight is 310 g/mol. The number of nitrogens with one attached hydrogen (secondary N) is 1. The molecule has 108 valence electrons. The second-order valence-electron chi connectivity index (χ2n) is 4.87. The molecule has 8 nitrogen and oxygen atoms in total. The Balaban J connectivity index is 2.05. The van der Waals surface area contributed by atoms with E-state index in [-0.39, 0.29) is 10.7 Å². The lowest BCUT2D eigenvalue weighted by Crippen LogP contribution is -2.59. The number of hydrogen-bond donors (Lipinski definition) is 1. The van der Waals surface area contributed by atoms with Crippen LogP contribution in [0.3, 0.4) is 0 Å². The minimum atomic E-state index is -1.21. The van der Waals surface area contributed by atoms with E-state index in [1.165, 1.54) is 12.1 Å². The monoisotopic (exact) mass is 309 g/mol. The van der Waals surface area contributed by atoms with E-state index in [4.69, 9.17) is 11.6 Å². The van der Waals surface area contributed by atoms with Crippen molar-refractivity contribution in [2.45, 2.75) is 12.8 Å². The number of benzene rings is 1. The lowest BCUT2D eigenvalue weighted by Gasteiger charge is -2.30. The molecule has 0 radical (unpaired) electrons. The number of carbonyl (C=O) groups is 3. The van der Waals surface area contributed by atoms with E-state index < -0.39 is 33.9 Å². The fourth-order valence-electron chi connectivity index (χ4n) is 2.26. The molecule has 1 heterocycles. The van der Waals surface area contributed by atoms with Crippen molar-refractivity contribution in [2.24, 2.45) is 5.41 Å². The third kappa shape index (κ3) is 1.87. The highest BCUT2D eigenvalue weighted by Crippen LogP contribution is 2.49. The number of halogens is 1. The van der Waals surface area contributed by atoms with E-state index in [1.807, 2.05) is 0 Å². The molecular formula is C12H8ClN3O5. The number of nitro benzene ring substituents is 1. The van der Waals surface area contributed by atoms with Crippen LogP contribution in [0, 0.1) is 15.5 Å². The molecule has 1 aromatic rings. The van der Waals surface area contributed by atoms with Gasteiger partial charge in [-0.1, -0.05) is 11.6 Å². The van der Waals surface area contributed by atoms with Gasteiger partial charge in [-0.3, -0.25) is 25.0 Å². The molecule has 1 saturated heterocycles. The lowest BCUT2D eigenvalue weighted by atomic mass is 10.0. The first-order valence-electron chi connectivity index (χ1n) is 6.01. The first-order chi connectivity index (χ1) is 9.86. The molecule has 1 N–H and O–H groups in total. The van der Waals surface area contributed by atoms with Crippen LogP contribution in [0.4, 0.5) is 16.2 Å². The van der Waals surface area contributed by atoms with Gasteiger partial charge < -0.3 is 0 Å². The molecule has 2 aliphatic rings. The fraction of sp³-hybridized carbons (Fsp3) is 0.250. The molecule has 1 aliphatic carbocycles. The lowest BCUT2D eigenvalue weighted by molar-refractivity contribution is -0.384. The van der Waals surface area contributed by atoms with Crippen LogP contribution in [-0.4, -0.2) is 22.8 Å². The van der Waals surface area contributed by atoms with Crippen molar-refractivity contribution in [3.05, 3.63) is 33.3 Å². The number of carbonyl (C=O) groups excluding carboxylic acids is 3. The molecule has 1 spiro atoms. The molecule has 3 rings (SSSR count). The first kappa shape index (κ1) is 13.5. The predicted molar refractivity (Wildman–Crippen MR) is 70.8 cm³/mol. The van der Waals surface area contributed by atoms with E-state index in [0.717, 1.165) is 11.0 Å². The zero-order valence-electron chi connectivity index (χ0n) is 10.5. The van der Waals surface area contributed by atoms with Gasteiger partial charge in [0.25, 0.3) is 11.6 Å². The number of anilines is 1. The van der Waals surface area contributed by atoms with Gasteiger partial charge in [0, 0.05) is 6.07 Å². The summed E-state index contributed by atoms with van der Waals surface area (Å²) >= 11 is 5.69. The minimum Gasteiger partial charge on any atom is -0.276 e. The van der Waals surface area contributed by atoms with Crippen LogP contribution in [0.25, 0.3) is 0 Å². The summed E-state index contributed by atoms with van der Waals surface area (Å²) in [7, 11) is 0. The van der Waals surface area contributed by atoms with E-state index in [0.29, 0.717) is 12.8 Å². The third-order valence-electron chi connectivity index (χ3n) is 3.61. The summed E-state index contributed by atoms with van der Waals surface area (Å²) in [6.07, 6.45) is 0.717. The molecular weight excluding hydrogens is 302 g/mol.